The zero-order valence-corrected chi connectivity index (χ0v) is 12.2. The minimum Gasteiger partial charge on any atom is -0.423 e. The summed E-state index contributed by atoms with van der Waals surface area (Å²) in [5, 5.41) is 19.5. The zero-order valence-electron chi connectivity index (χ0n) is 12.2. The normalized spacial score (nSPS) is 13.7. The molecule has 0 aliphatic rings. The van der Waals surface area contributed by atoms with E-state index in [9.17, 15) is 4.79 Å². The van der Waals surface area contributed by atoms with Crippen LogP contribution in [0.25, 0.3) is 11.5 Å². The van der Waals surface area contributed by atoms with Crippen molar-refractivity contribution in [3.63, 3.8) is 0 Å². The third-order valence-corrected chi connectivity index (χ3v) is 3.61. The van der Waals surface area contributed by atoms with Gasteiger partial charge in [-0.3, -0.25) is 4.79 Å². The molecular weight excluding hydrogens is 270 g/mol. The fourth-order valence-corrected chi connectivity index (χ4v) is 1.98. The summed E-state index contributed by atoms with van der Waals surface area (Å²) in [6.45, 7) is 3.95. The SMILES string of the molecule is CCC(C)(CCO)NC(=O)c1ccc(-c2nnco2)cc1. The van der Waals surface area contributed by atoms with E-state index in [-0.39, 0.29) is 12.5 Å². The van der Waals surface area contributed by atoms with Crippen LogP contribution < -0.4 is 5.32 Å². The fourth-order valence-electron chi connectivity index (χ4n) is 1.98. The van der Waals surface area contributed by atoms with Crippen LogP contribution in [0.15, 0.2) is 35.1 Å². The lowest BCUT2D eigenvalue weighted by Crippen LogP contribution is -2.46. The molecule has 0 aliphatic carbocycles. The van der Waals surface area contributed by atoms with Gasteiger partial charge in [-0.1, -0.05) is 6.92 Å². The fraction of sp³-hybridized carbons (Fsp3) is 0.400. The van der Waals surface area contributed by atoms with E-state index < -0.39 is 5.54 Å². The number of hydrogen-bond donors (Lipinski definition) is 2. The second kappa shape index (κ2) is 6.49. The molecule has 21 heavy (non-hydrogen) atoms. The van der Waals surface area contributed by atoms with Crippen molar-refractivity contribution >= 4 is 5.91 Å². The number of benzene rings is 1. The first kappa shape index (κ1) is 15.2. The van der Waals surface area contributed by atoms with Crippen molar-refractivity contribution in [3.8, 4) is 11.5 Å². The van der Waals surface area contributed by atoms with E-state index in [1.165, 1.54) is 6.39 Å². The summed E-state index contributed by atoms with van der Waals surface area (Å²) in [5.41, 5.74) is 0.908. The van der Waals surface area contributed by atoms with Crippen LogP contribution in [0.2, 0.25) is 0 Å². The van der Waals surface area contributed by atoms with E-state index in [1.807, 2.05) is 13.8 Å². The Hall–Kier alpha value is -2.21. The largest absolute Gasteiger partial charge is 0.423 e. The van der Waals surface area contributed by atoms with E-state index in [0.29, 0.717) is 17.9 Å². The summed E-state index contributed by atoms with van der Waals surface area (Å²) in [4.78, 5) is 12.2. The van der Waals surface area contributed by atoms with E-state index >= 15 is 0 Å². The van der Waals surface area contributed by atoms with Gasteiger partial charge in [-0.05, 0) is 44.0 Å². The van der Waals surface area contributed by atoms with Crippen LogP contribution >= 0.6 is 0 Å². The predicted octanol–water partition coefficient (Wildman–Crippen LogP) is 2.02. The van der Waals surface area contributed by atoms with Crippen molar-refractivity contribution < 1.29 is 14.3 Å². The maximum Gasteiger partial charge on any atom is 0.251 e. The van der Waals surface area contributed by atoms with Gasteiger partial charge in [-0.25, -0.2) is 0 Å². The molecule has 112 valence electrons. The van der Waals surface area contributed by atoms with Crippen LogP contribution in [-0.2, 0) is 0 Å². The first-order valence-electron chi connectivity index (χ1n) is 6.88. The van der Waals surface area contributed by atoms with Crippen molar-refractivity contribution in [2.45, 2.75) is 32.2 Å². The molecule has 1 unspecified atom stereocenters. The Morgan fingerprint density at radius 3 is 2.62 bits per heavy atom. The van der Waals surface area contributed by atoms with Crippen molar-refractivity contribution in [1.29, 1.82) is 0 Å². The zero-order chi connectivity index (χ0) is 15.3. The third kappa shape index (κ3) is 3.66. The number of aliphatic hydroxyl groups is 1. The average molecular weight is 289 g/mol. The number of carbonyl (C=O) groups is 1. The second-order valence-electron chi connectivity index (χ2n) is 5.16. The molecule has 1 atom stereocenters. The van der Waals surface area contributed by atoms with Gasteiger partial charge in [0.05, 0.1) is 0 Å². The van der Waals surface area contributed by atoms with Crippen LogP contribution in [0.4, 0.5) is 0 Å². The molecule has 0 fully saturated rings. The predicted molar refractivity (Wildman–Crippen MR) is 77.6 cm³/mol. The highest BCUT2D eigenvalue weighted by Gasteiger charge is 2.24. The second-order valence-corrected chi connectivity index (χ2v) is 5.16. The Morgan fingerprint density at radius 2 is 2.10 bits per heavy atom. The number of rotatable bonds is 6. The van der Waals surface area contributed by atoms with Crippen LogP contribution in [0, 0.1) is 0 Å². The first-order chi connectivity index (χ1) is 10.1. The van der Waals surface area contributed by atoms with E-state index in [4.69, 9.17) is 9.52 Å². The molecule has 0 radical (unpaired) electrons. The highest BCUT2D eigenvalue weighted by molar-refractivity contribution is 5.95. The van der Waals surface area contributed by atoms with Gasteiger partial charge in [0.25, 0.3) is 5.91 Å². The van der Waals surface area contributed by atoms with Gasteiger partial charge < -0.3 is 14.8 Å². The molecule has 1 amide bonds. The van der Waals surface area contributed by atoms with Crippen molar-refractivity contribution in [2.24, 2.45) is 0 Å². The molecule has 0 aliphatic heterocycles. The topological polar surface area (TPSA) is 88.2 Å². The molecule has 0 saturated carbocycles. The lowest BCUT2D eigenvalue weighted by atomic mass is 9.94. The number of hydrogen-bond acceptors (Lipinski definition) is 5. The summed E-state index contributed by atoms with van der Waals surface area (Å²) in [7, 11) is 0. The van der Waals surface area contributed by atoms with Gasteiger partial charge in [-0.2, -0.15) is 0 Å². The van der Waals surface area contributed by atoms with Crippen LogP contribution in [0.3, 0.4) is 0 Å². The lowest BCUT2D eigenvalue weighted by molar-refractivity contribution is 0.0886. The Kier molecular flexibility index (Phi) is 4.70. The van der Waals surface area contributed by atoms with Crippen molar-refractivity contribution in [3.05, 3.63) is 36.2 Å². The van der Waals surface area contributed by atoms with Gasteiger partial charge in [-0.15, -0.1) is 10.2 Å². The van der Waals surface area contributed by atoms with Crippen molar-refractivity contribution in [2.75, 3.05) is 6.61 Å². The smallest absolute Gasteiger partial charge is 0.251 e. The standard InChI is InChI=1S/C15H19N3O3/c1-3-15(2,8-9-19)17-13(20)11-4-6-12(7-5-11)14-18-16-10-21-14/h4-7,10,19H,3,8-9H2,1-2H3,(H,17,20). The molecule has 1 aromatic carbocycles. The molecule has 0 bridgehead atoms. The third-order valence-electron chi connectivity index (χ3n) is 3.61. The molecule has 2 N–H and O–H groups in total. The molecule has 2 aromatic rings. The van der Waals surface area contributed by atoms with Gasteiger partial charge in [0.1, 0.15) is 0 Å². The van der Waals surface area contributed by atoms with E-state index in [2.05, 4.69) is 15.5 Å². The number of amides is 1. The summed E-state index contributed by atoms with van der Waals surface area (Å²) >= 11 is 0. The lowest BCUT2D eigenvalue weighted by Gasteiger charge is -2.29. The van der Waals surface area contributed by atoms with Gasteiger partial charge in [0.15, 0.2) is 0 Å². The molecule has 0 saturated heterocycles. The monoisotopic (exact) mass is 289 g/mol. The maximum absolute atomic E-state index is 12.2. The summed E-state index contributed by atoms with van der Waals surface area (Å²) in [5.74, 6) is 0.255. The number of nitrogens with one attached hydrogen (secondary N) is 1. The minimum atomic E-state index is -0.406. The van der Waals surface area contributed by atoms with Gasteiger partial charge in [0, 0.05) is 23.3 Å². The Bertz CT molecular complexity index is 581. The summed E-state index contributed by atoms with van der Waals surface area (Å²) in [6, 6.07) is 6.95. The quantitative estimate of drug-likeness (QED) is 0.849. The molecule has 1 aromatic heterocycles. The highest BCUT2D eigenvalue weighted by Crippen LogP contribution is 2.18. The van der Waals surface area contributed by atoms with Crippen LogP contribution in [-0.4, -0.2) is 33.4 Å². The summed E-state index contributed by atoms with van der Waals surface area (Å²) in [6.07, 6.45) is 2.53. The van der Waals surface area contributed by atoms with Crippen LogP contribution in [0.1, 0.15) is 37.0 Å². The number of aliphatic hydroxyl groups excluding tert-OH is 1. The summed E-state index contributed by atoms with van der Waals surface area (Å²) < 4.78 is 5.10. The number of aromatic nitrogens is 2. The van der Waals surface area contributed by atoms with Gasteiger partial charge in [0.2, 0.25) is 12.3 Å². The molecular formula is C15H19N3O3. The van der Waals surface area contributed by atoms with E-state index in [1.54, 1.807) is 24.3 Å². The van der Waals surface area contributed by atoms with E-state index in [0.717, 1.165) is 12.0 Å². The molecule has 1 heterocycles. The molecule has 2 rings (SSSR count). The van der Waals surface area contributed by atoms with Crippen molar-refractivity contribution in [1.82, 2.24) is 15.5 Å². The Balaban J connectivity index is 2.10. The molecule has 6 heteroatoms. The Labute approximate surface area is 123 Å². The first-order valence-corrected chi connectivity index (χ1v) is 6.88. The molecule has 6 nitrogen and oxygen atoms in total. The minimum absolute atomic E-state index is 0.0424. The average Bonchev–Trinajstić information content (AvgIpc) is 3.02. The van der Waals surface area contributed by atoms with Crippen LogP contribution in [0.5, 0.6) is 0 Å². The maximum atomic E-state index is 12.2. The van der Waals surface area contributed by atoms with Gasteiger partial charge >= 0.3 is 0 Å². The number of nitrogens with zero attached hydrogens (tertiary/aromatic N) is 2. The highest BCUT2D eigenvalue weighted by atomic mass is 16.4. The Morgan fingerprint density at radius 1 is 1.38 bits per heavy atom. The molecule has 0 spiro atoms. The number of carbonyl (C=O) groups excluding carboxylic acids is 1.